The first-order valence-corrected chi connectivity index (χ1v) is 6.67. The summed E-state index contributed by atoms with van der Waals surface area (Å²) in [5, 5.41) is 11.1. The molecule has 0 amide bonds. The second-order valence-corrected chi connectivity index (χ2v) is 5.39. The highest BCUT2D eigenvalue weighted by molar-refractivity contribution is 6.33. The van der Waals surface area contributed by atoms with E-state index in [0.717, 1.165) is 0 Å². The Kier molecular flexibility index (Phi) is 4.69. The van der Waals surface area contributed by atoms with E-state index in [1.54, 1.807) is 24.3 Å². The van der Waals surface area contributed by atoms with Gasteiger partial charge in [0.25, 0.3) is 0 Å². The zero-order valence-corrected chi connectivity index (χ0v) is 12.0. The first kappa shape index (κ1) is 14.6. The maximum Gasteiger partial charge on any atom is 0.142 e. The van der Waals surface area contributed by atoms with E-state index in [0.29, 0.717) is 21.2 Å². The maximum atomic E-state index is 13.3. The second kappa shape index (κ2) is 6.10. The first-order chi connectivity index (χ1) is 8.97. The number of aliphatic hydroxyl groups excluding tert-OH is 1. The Bertz CT molecular complexity index is 601. The molecule has 0 spiro atoms. The van der Waals surface area contributed by atoms with E-state index in [2.05, 4.69) is 0 Å². The predicted molar refractivity (Wildman–Crippen MR) is 76.5 cm³/mol. The van der Waals surface area contributed by atoms with Crippen LogP contribution in [-0.2, 0) is 6.42 Å². The van der Waals surface area contributed by atoms with Gasteiger partial charge in [-0.05, 0) is 35.9 Å². The SMILES string of the molecule is OC(Cc1ccc(Cl)c(F)c1)c1cc(Cl)ccc1Cl. The number of hydrogen-bond acceptors (Lipinski definition) is 1. The van der Waals surface area contributed by atoms with Crippen LogP contribution in [0, 0.1) is 5.82 Å². The topological polar surface area (TPSA) is 20.2 Å². The van der Waals surface area contributed by atoms with E-state index in [1.807, 2.05) is 0 Å². The van der Waals surface area contributed by atoms with Crippen molar-refractivity contribution >= 4 is 34.8 Å². The molecule has 0 aliphatic heterocycles. The Morgan fingerprint density at radius 1 is 1.00 bits per heavy atom. The molecule has 0 saturated heterocycles. The van der Waals surface area contributed by atoms with Crippen LogP contribution in [-0.4, -0.2) is 5.11 Å². The molecular formula is C14H10Cl3FO. The van der Waals surface area contributed by atoms with Crippen molar-refractivity contribution in [1.29, 1.82) is 0 Å². The molecule has 0 fully saturated rings. The molecule has 2 aromatic rings. The highest BCUT2D eigenvalue weighted by Crippen LogP contribution is 2.29. The van der Waals surface area contributed by atoms with E-state index in [-0.39, 0.29) is 11.4 Å². The van der Waals surface area contributed by atoms with Gasteiger partial charge in [-0.25, -0.2) is 4.39 Å². The smallest absolute Gasteiger partial charge is 0.142 e. The highest BCUT2D eigenvalue weighted by Gasteiger charge is 2.14. The fourth-order valence-electron chi connectivity index (χ4n) is 1.77. The van der Waals surface area contributed by atoms with Crippen LogP contribution in [0.2, 0.25) is 15.1 Å². The second-order valence-electron chi connectivity index (χ2n) is 4.13. The molecule has 5 heteroatoms. The van der Waals surface area contributed by atoms with Crippen LogP contribution < -0.4 is 0 Å². The van der Waals surface area contributed by atoms with Crippen LogP contribution in [0.1, 0.15) is 17.2 Å². The van der Waals surface area contributed by atoms with Crippen molar-refractivity contribution in [3.05, 3.63) is 68.4 Å². The van der Waals surface area contributed by atoms with Gasteiger partial charge >= 0.3 is 0 Å². The van der Waals surface area contributed by atoms with Crippen LogP contribution in [0.5, 0.6) is 0 Å². The Labute approximate surface area is 125 Å². The molecule has 2 aromatic carbocycles. The molecule has 2 rings (SSSR count). The summed E-state index contributed by atoms with van der Waals surface area (Å²) in [5.41, 5.74) is 1.15. The molecule has 0 saturated carbocycles. The van der Waals surface area contributed by atoms with Crippen LogP contribution in [0.25, 0.3) is 0 Å². The molecule has 0 aliphatic rings. The minimum Gasteiger partial charge on any atom is -0.388 e. The molecule has 1 unspecified atom stereocenters. The van der Waals surface area contributed by atoms with Gasteiger partial charge in [-0.1, -0.05) is 40.9 Å². The molecular weight excluding hydrogens is 310 g/mol. The number of halogens is 4. The van der Waals surface area contributed by atoms with Crippen molar-refractivity contribution in [2.75, 3.05) is 0 Å². The van der Waals surface area contributed by atoms with Gasteiger partial charge in [0.05, 0.1) is 11.1 Å². The van der Waals surface area contributed by atoms with E-state index < -0.39 is 11.9 Å². The summed E-state index contributed by atoms with van der Waals surface area (Å²) in [5.74, 6) is -0.511. The van der Waals surface area contributed by atoms with Gasteiger partial charge in [0.2, 0.25) is 0 Å². The lowest BCUT2D eigenvalue weighted by molar-refractivity contribution is 0.178. The van der Waals surface area contributed by atoms with Gasteiger partial charge in [0.1, 0.15) is 5.82 Å². The van der Waals surface area contributed by atoms with Crippen molar-refractivity contribution < 1.29 is 9.50 Å². The Morgan fingerprint density at radius 3 is 2.37 bits per heavy atom. The zero-order valence-electron chi connectivity index (χ0n) is 9.71. The Balaban J connectivity index is 2.22. The summed E-state index contributed by atoms with van der Waals surface area (Å²) in [6.07, 6.45) is -0.625. The van der Waals surface area contributed by atoms with Crippen molar-refractivity contribution in [1.82, 2.24) is 0 Å². The highest BCUT2D eigenvalue weighted by atomic mass is 35.5. The largest absolute Gasteiger partial charge is 0.388 e. The van der Waals surface area contributed by atoms with Crippen LogP contribution >= 0.6 is 34.8 Å². The number of benzene rings is 2. The monoisotopic (exact) mass is 318 g/mol. The predicted octanol–water partition coefficient (Wildman–Crippen LogP) is 5.06. The Hall–Kier alpha value is -0.800. The molecule has 19 heavy (non-hydrogen) atoms. The van der Waals surface area contributed by atoms with Gasteiger partial charge in [-0.15, -0.1) is 0 Å². The average molecular weight is 320 g/mol. The van der Waals surface area contributed by atoms with E-state index in [9.17, 15) is 9.50 Å². The van der Waals surface area contributed by atoms with Crippen LogP contribution in [0.4, 0.5) is 4.39 Å². The summed E-state index contributed by atoms with van der Waals surface area (Å²) in [6, 6.07) is 9.27. The molecule has 1 N–H and O–H groups in total. The lowest BCUT2D eigenvalue weighted by atomic mass is 10.0. The summed E-state index contributed by atoms with van der Waals surface area (Å²) in [7, 11) is 0. The molecule has 0 aliphatic carbocycles. The molecule has 0 radical (unpaired) electrons. The molecule has 0 heterocycles. The molecule has 0 aromatic heterocycles. The number of rotatable bonds is 3. The minimum atomic E-state index is -0.855. The third-order valence-corrected chi connectivity index (χ3v) is 3.62. The summed E-state index contributed by atoms with van der Waals surface area (Å²) in [6.45, 7) is 0. The normalized spacial score (nSPS) is 12.5. The van der Waals surface area contributed by atoms with Gasteiger partial charge in [0.15, 0.2) is 0 Å². The lowest BCUT2D eigenvalue weighted by Crippen LogP contribution is -2.03. The third kappa shape index (κ3) is 3.61. The van der Waals surface area contributed by atoms with E-state index >= 15 is 0 Å². The van der Waals surface area contributed by atoms with Crippen molar-refractivity contribution in [2.24, 2.45) is 0 Å². The minimum absolute atomic E-state index is 0.0547. The average Bonchev–Trinajstić information content (AvgIpc) is 2.36. The lowest BCUT2D eigenvalue weighted by Gasteiger charge is -2.13. The van der Waals surface area contributed by atoms with Gasteiger partial charge in [-0.3, -0.25) is 0 Å². The molecule has 100 valence electrons. The van der Waals surface area contributed by atoms with Crippen molar-refractivity contribution in [3.63, 3.8) is 0 Å². The summed E-state index contributed by atoms with van der Waals surface area (Å²) < 4.78 is 13.3. The van der Waals surface area contributed by atoms with Gasteiger partial charge < -0.3 is 5.11 Å². The van der Waals surface area contributed by atoms with E-state index in [4.69, 9.17) is 34.8 Å². The maximum absolute atomic E-state index is 13.3. The quantitative estimate of drug-likeness (QED) is 0.838. The van der Waals surface area contributed by atoms with E-state index in [1.165, 1.54) is 12.1 Å². The molecule has 1 atom stereocenters. The molecule has 0 bridgehead atoms. The van der Waals surface area contributed by atoms with Gasteiger partial charge in [0, 0.05) is 22.0 Å². The molecule has 1 nitrogen and oxygen atoms in total. The van der Waals surface area contributed by atoms with Crippen molar-refractivity contribution in [2.45, 2.75) is 12.5 Å². The Morgan fingerprint density at radius 2 is 1.68 bits per heavy atom. The summed E-state index contributed by atoms with van der Waals surface area (Å²) >= 11 is 17.5. The fourth-order valence-corrected chi connectivity index (χ4v) is 2.31. The summed E-state index contributed by atoms with van der Waals surface area (Å²) in [4.78, 5) is 0. The van der Waals surface area contributed by atoms with Gasteiger partial charge in [-0.2, -0.15) is 0 Å². The van der Waals surface area contributed by atoms with Crippen LogP contribution in [0.3, 0.4) is 0 Å². The fraction of sp³-hybridized carbons (Fsp3) is 0.143. The zero-order chi connectivity index (χ0) is 14.0. The van der Waals surface area contributed by atoms with Crippen molar-refractivity contribution in [3.8, 4) is 0 Å². The number of hydrogen-bond donors (Lipinski definition) is 1. The van der Waals surface area contributed by atoms with Crippen LogP contribution in [0.15, 0.2) is 36.4 Å². The standard InChI is InChI=1S/C14H10Cl3FO/c15-9-2-4-11(16)10(7-9)14(19)6-8-1-3-12(17)13(18)5-8/h1-5,7,14,19H,6H2. The number of aliphatic hydroxyl groups is 1. The first-order valence-electron chi connectivity index (χ1n) is 5.54. The third-order valence-electron chi connectivity index (χ3n) is 2.73.